The molecule has 0 bridgehead atoms. The Bertz CT molecular complexity index is 516. The number of rotatable bonds is 2. The van der Waals surface area contributed by atoms with Gasteiger partial charge in [0.15, 0.2) is 5.82 Å². The zero-order valence-electron chi connectivity index (χ0n) is 8.11. The van der Waals surface area contributed by atoms with Crippen molar-refractivity contribution in [3.05, 3.63) is 40.6 Å². The van der Waals surface area contributed by atoms with Crippen molar-refractivity contribution in [1.29, 1.82) is 0 Å². The summed E-state index contributed by atoms with van der Waals surface area (Å²) in [4.78, 5) is 7.95. The summed E-state index contributed by atoms with van der Waals surface area (Å²) in [6, 6.07) is 5.11. The Kier molecular flexibility index (Phi) is 3.12. The van der Waals surface area contributed by atoms with Crippen molar-refractivity contribution in [2.45, 2.75) is 0 Å². The van der Waals surface area contributed by atoms with Crippen LogP contribution in [-0.2, 0) is 0 Å². The molecule has 0 spiro atoms. The molecule has 0 fully saturated rings. The van der Waals surface area contributed by atoms with E-state index in [9.17, 15) is 0 Å². The third-order valence-electron chi connectivity index (χ3n) is 1.84. The van der Waals surface area contributed by atoms with E-state index in [-0.39, 0.29) is 0 Å². The highest BCUT2D eigenvalue weighted by molar-refractivity contribution is 6.35. The fraction of sp³-hybridized carbons (Fsp3) is 0. The van der Waals surface area contributed by atoms with Gasteiger partial charge in [0.05, 0.1) is 23.1 Å². The molecule has 0 atom stereocenters. The SMILES string of the molecule is Nc1cncc(Nc2cc(Cl)ccc2Cl)n1. The molecule has 0 unspecified atom stereocenters. The van der Waals surface area contributed by atoms with Crippen LogP contribution in [0.4, 0.5) is 17.3 Å². The van der Waals surface area contributed by atoms with E-state index in [2.05, 4.69) is 15.3 Å². The van der Waals surface area contributed by atoms with Crippen molar-refractivity contribution < 1.29 is 0 Å². The van der Waals surface area contributed by atoms with Crippen molar-refractivity contribution in [1.82, 2.24) is 9.97 Å². The summed E-state index contributed by atoms with van der Waals surface area (Å²) in [6.07, 6.45) is 3.01. The first-order valence-electron chi connectivity index (χ1n) is 4.45. The van der Waals surface area contributed by atoms with Crippen molar-refractivity contribution in [3.63, 3.8) is 0 Å². The molecule has 3 N–H and O–H groups in total. The van der Waals surface area contributed by atoms with Gasteiger partial charge in [0, 0.05) is 5.02 Å². The molecule has 0 saturated carbocycles. The van der Waals surface area contributed by atoms with E-state index in [0.29, 0.717) is 27.4 Å². The zero-order chi connectivity index (χ0) is 11.5. The first-order chi connectivity index (χ1) is 7.65. The molecular weight excluding hydrogens is 247 g/mol. The van der Waals surface area contributed by atoms with Crippen LogP contribution in [0.5, 0.6) is 0 Å². The number of benzene rings is 1. The van der Waals surface area contributed by atoms with Gasteiger partial charge in [0.25, 0.3) is 0 Å². The summed E-state index contributed by atoms with van der Waals surface area (Å²) in [5.41, 5.74) is 6.17. The molecule has 4 nitrogen and oxygen atoms in total. The Balaban J connectivity index is 2.30. The number of anilines is 3. The molecule has 2 rings (SSSR count). The minimum absolute atomic E-state index is 0.336. The lowest BCUT2D eigenvalue weighted by molar-refractivity contribution is 1.21. The third kappa shape index (κ3) is 2.53. The molecule has 82 valence electrons. The minimum atomic E-state index is 0.336. The Morgan fingerprint density at radius 1 is 1.19 bits per heavy atom. The highest BCUT2D eigenvalue weighted by Gasteiger charge is 2.03. The Hall–Kier alpha value is -1.52. The van der Waals surface area contributed by atoms with Crippen molar-refractivity contribution >= 4 is 40.5 Å². The molecule has 0 amide bonds. The van der Waals surface area contributed by atoms with Crippen LogP contribution in [0.25, 0.3) is 0 Å². The summed E-state index contributed by atoms with van der Waals surface area (Å²) >= 11 is 11.8. The third-order valence-corrected chi connectivity index (χ3v) is 2.41. The molecule has 0 aliphatic rings. The monoisotopic (exact) mass is 254 g/mol. The summed E-state index contributed by atoms with van der Waals surface area (Å²) in [6.45, 7) is 0. The topological polar surface area (TPSA) is 63.8 Å². The standard InChI is InChI=1S/C10H8Cl2N4/c11-6-1-2-7(12)8(3-6)15-10-5-14-4-9(13)16-10/h1-5H,(H3,13,15,16). The molecule has 1 aromatic carbocycles. The Labute approximate surface area is 102 Å². The smallest absolute Gasteiger partial charge is 0.151 e. The maximum absolute atomic E-state index is 5.99. The van der Waals surface area contributed by atoms with E-state index >= 15 is 0 Å². The first-order valence-corrected chi connectivity index (χ1v) is 5.20. The van der Waals surface area contributed by atoms with E-state index < -0.39 is 0 Å². The highest BCUT2D eigenvalue weighted by atomic mass is 35.5. The average Bonchev–Trinajstić information content (AvgIpc) is 2.24. The molecule has 1 heterocycles. The number of nitrogens with zero attached hydrogens (tertiary/aromatic N) is 2. The number of halogens is 2. The molecule has 0 aliphatic heterocycles. The van der Waals surface area contributed by atoms with Gasteiger partial charge in [-0.05, 0) is 18.2 Å². The highest BCUT2D eigenvalue weighted by Crippen LogP contribution is 2.27. The van der Waals surface area contributed by atoms with E-state index in [1.807, 2.05) is 0 Å². The quantitative estimate of drug-likeness (QED) is 0.865. The van der Waals surface area contributed by atoms with Gasteiger partial charge < -0.3 is 11.1 Å². The summed E-state index contributed by atoms with van der Waals surface area (Å²) < 4.78 is 0. The number of nitrogen functional groups attached to an aromatic ring is 1. The van der Waals surface area contributed by atoms with E-state index in [1.54, 1.807) is 24.4 Å². The first kappa shape index (κ1) is 11.0. The van der Waals surface area contributed by atoms with Crippen molar-refractivity contribution in [2.75, 3.05) is 11.1 Å². The maximum Gasteiger partial charge on any atom is 0.151 e. The normalized spacial score (nSPS) is 10.1. The molecule has 2 aromatic rings. The predicted molar refractivity (Wildman–Crippen MR) is 66.2 cm³/mol. The van der Waals surface area contributed by atoms with Crippen LogP contribution in [0.1, 0.15) is 0 Å². The second kappa shape index (κ2) is 4.55. The van der Waals surface area contributed by atoms with E-state index in [1.165, 1.54) is 6.20 Å². The number of hydrogen-bond donors (Lipinski definition) is 2. The summed E-state index contributed by atoms with van der Waals surface area (Å²) in [7, 11) is 0. The average molecular weight is 255 g/mol. The molecular formula is C10H8Cl2N4. The van der Waals surface area contributed by atoms with Crippen LogP contribution in [0.2, 0.25) is 10.0 Å². The van der Waals surface area contributed by atoms with Gasteiger partial charge in [-0.25, -0.2) is 4.98 Å². The van der Waals surface area contributed by atoms with Crippen LogP contribution >= 0.6 is 23.2 Å². The van der Waals surface area contributed by atoms with Gasteiger partial charge in [-0.2, -0.15) is 0 Å². The zero-order valence-corrected chi connectivity index (χ0v) is 9.63. The molecule has 0 radical (unpaired) electrons. The largest absolute Gasteiger partial charge is 0.382 e. The van der Waals surface area contributed by atoms with Gasteiger partial charge in [0.1, 0.15) is 5.82 Å². The minimum Gasteiger partial charge on any atom is -0.382 e. The van der Waals surface area contributed by atoms with Gasteiger partial charge in [-0.1, -0.05) is 23.2 Å². The molecule has 1 aromatic heterocycles. The summed E-state index contributed by atoms with van der Waals surface area (Å²) in [5, 5.41) is 4.12. The van der Waals surface area contributed by atoms with E-state index in [4.69, 9.17) is 28.9 Å². The lowest BCUT2D eigenvalue weighted by Crippen LogP contribution is -1.98. The molecule has 6 heteroatoms. The van der Waals surface area contributed by atoms with Gasteiger partial charge >= 0.3 is 0 Å². The predicted octanol–water partition coefficient (Wildman–Crippen LogP) is 3.11. The van der Waals surface area contributed by atoms with Crippen LogP contribution in [0.15, 0.2) is 30.6 Å². The van der Waals surface area contributed by atoms with Gasteiger partial charge in [0.2, 0.25) is 0 Å². The maximum atomic E-state index is 5.99. The van der Waals surface area contributed by atoms with Gasteiger partial charge in [-0.15, -0.1) is 0 Å². The van der Waals surface area contributed by atoms with Crippen LogP contribution in [0.3, 0.4) is 0 Å². The second-order valence-corrected chi connectivity index (χ2v) is 3.92. The molecule has 0 aliphatic carbocycles. The van der Waals surface area contributed by atoms with E-state index in [0.717, 1.165) is 0 Å². The second-order valence-electron chi connectivity index (χ2n) is 3.08. The summed E-state index contributed by atoms with van der Waals surface area (Å²) in [5.74, 6) is 0.854. The lowest BCUT2D eigenvalue weighted by atomic mass is 10.3. The number of nitrogens with two attached hydrogens (primary N) is 1. The Morgan fingerprint density at radius 3 is 2.75 bits per heavy atom. The fourth-order valence-corrected chi connectivity index (χ4v) is 1.51. The fourth-order valence-electron chi connectivity index (χ4n) is 1.17. The molecule has 0 saturated heterocycles. The Morgan fingerprint density at radius 2 is 2.00 bits per heavy atom. The van der Waals surface area contributed by atoms with Crippen LogP contribution < -0.4 is 11.1 Å². The van der Waals surface area contributed by atoms with Crippen molar-refractivity contribution in [3.8, 4) is 0 Å². The number of nitrogens with one attached hydrogen (secondary N) is 1. The number of aromatic nitrogens is 2. The van der Waals surface area contributed by atoms with Gasteiger partial charge in [-0.3, -0.25) is 4.98 Å². The number of hydrogen-bond acceptors (Lipinski definition) is 4. The van der Waals surface area contributed by atoms with Crippen LogP contribution in [-0.4, -0.2) is 9.97 Å². The molecule has 16 heavy (non-hydrogen) atoms. The lowest BCUT2D eigenvalue weighted by Gasteiger charge is -2.07. The van der Waals surface area contributed by atoms with Crippen molar-refractivity contribution in [2.24, 2.45) is 0 Å². The van der Waals surface area contributed by atoms with Crippen LogP contribution in [0, 0.1) is 0 Å².